The van der Waals surface area contributed by atoms with E-state index in [1.54, 1.807) is 0 Å². The summed E-state index contributed by atoms with van der Waals surface area (Å²) in [6, 6.07) is 16.5. The highest BCUT2D eigenvalue weighted by molar-refractivity contribution is 7.13. The van der Waals surface area contributed by atoms with E-state index >= 15 is 0 Å². The third kappa shape index (κ3) is 5.64. The number of nitrogens with zero attached hydrogens (tertiary/aromatic N) is 1. The second kappa shape index (κ2) is 9.30. The molecule has 27 heavy (non-hydrogen) atoms. The molecule has 2 aromatic carbocycles. The van der Waals surface area contributed by atoms with Crippen molar-refractivity contribution >= 4 is 28.1 Å². The Hall–Kier alpha value is -2.70. The number of nitrogens with two attached hydrogens (primary N) is 1. The molecule has 1 aromatic heterocycles. The van der Waals surface area contributed by atoms with Crippen molar-refractivity contribution in [3.63, 3.8) is 0 Å². The molecule has 140 valence electrons. The molecule has 0 aliphatic carbocycles. The van der Waals surface area contributed by atoms with E-state index < -0.39 is 0 Å². The lowest BCUT2D eigenvalue weighted by atomic mass is 10.0. The van der Waals surface area contributed by atoms with Gasteiger partial charge in [-0.2, -0.15) is 0 Å². The average Bonchev–Trinajstić information content (AvgIpc) is 3.09. The summed E-state index contributed by atoms with van der Waals surface area (Å²) in [5, 5.41) is 8.80. The summed E-state index contributed by atoms with van der Waals surface area (Å²) < 4.78 is 0. The van der Waals surface area contributed by atoms with Crippen LogP contribution in [0.3, 0.4) is 0 Å². The van der Waals surface area contributed by atoms with Crippen LogP contribution in [0.15, 0.2) is 53.9 Å². The van der Waals surface area contributed by atoms with Crippen molar-refractivity contribution in [2.75, 3.05) is 24.1 Å². The minimum atomic E-state index is -0.102. The van der Waals surface area contributed by atoms with Gasteiger partial charge < -0.3 is 16.4 Å². The summed E-state index contributed by atoms with van der Waals surface area (Å²) in [6.07, 6.45) is 1.92. The first kappa shape index (κ1) is 19.1. The fourth-order valence-electron chi connectivity index (χ4n) is 2.90. The Kier molecular flexibility index (Phi) is 6.57. The predicted octanol–water partition coefficient (Wildman–Crippen LogP) is 3.73. The molecular weight excluding hydrogens is 356 g/mol. The molecule has 1 heterocycles. The van der Waals surface area contributed by atoms with Crippen molar-refractivity contribution in [3.05, 3.63) is 65.0 Å². The molecule has 6 heteroatoms. The van der Waals surface area contributed by atoms with Crippen molar-refractivity contribution in [2.45, 2.75) is 19.8 Å². The van der Waals surface area contributed by atoms with E-state index in [1.165, 1.54) is 29.4 Å². The summed E-state index contributed by atoms with van der Waals surface area (Å²) in [4.78, 5) is 15.8. The summed E-state index contributed by atoms with van der Waals surface area (Å²) in [7, 11) is 0. The topological polar surface area (TPSA) is 80.0 Å². The lowest BCUT2D eigenvalue weighted by Crippen LogP contribution is -2.20. The van der Waals surface area contributed by atoms with E-state index in [-0.39, 0.29) is 5.91 Å². The minimum absolute atomic E-state index is 0.102. The Morgan fingerprint density at radius 2 is 1.81 bits per heavy atom. The number of aromatic nitrogens is 1. The molecular formula is C21H24N4OS. The molecule has 5 nitrogen and oxygen atoms in total. The summed E-state index contributed by atoms with van der Waals surface area (Å²) in [6.45, 7) is 3.35. The zero-order valence-electron chi connectivity index (χ0n) is 15.4. The normalized spacial score (nSPS) is 10.7. The number of carbonyl (C=O) groups excluding carboxylic acids is 1. The number of hydrogen-bond acceptors (Lipinski definition) is 5. The molecule has 0 spiro atoms. The first-order valence-electron chi connectivity index (χ1n) is 8.98. The van der Waals surface area contributed by atoms with Gasteiger partial charge in [0.25, 0.3) is 0 Å². The molecule has 0 saturated heterocycles. The van der Waals surface area contributed by atoms with Crippen molar-refractivity contribution in [3.8, 4) is 11.3 Å². The molecule has 3 rings (SSSR count). The van der Waals surface area contributed by atoms with Gasteiger partial charge in [0.15, 0.2) is 5.13 Å². The third-order valence-corrected chi connectivity index (χ3v) is 4.89. The molecule has 0 saturated carbocycles. The van der Waals surface area contributed by atoms with Gasteiger partial charge >= 0.3 is 0 Å². The smallest absolute Gasteiger partial charge is 0.221 e. The lowest BCUT2D eigenvalue weighted by Gasteiger charge is -2.11. The number of anilines is 2. The Morgan fingerprint density at radius 3 is 2.48 bits per heavy atom. The SMILES string of the molecule is CC(=O)Nc1ccc(CCNCCc2ccccc2)cc1-c1csc(N)n1. The van der Waals surface area contributed by atoms with Crippen LogP contribution in [0, 0.1) is 0 Å². The molecule has 3 aromatic rings. The van der Waals surface area contributed by atoms with Gasteiger partial charge in [-0.1, -0.05) is 36.4 Å². The number of nitrogens with one attached hydrogen (secondary N) is 2. The maximum atomic E-state index is 11.5. The van der Waals surface area contributed by atoms with Crippen LogP contribution < -0.4 is 16.4 Å². The second-order valence-corrected chi connectivity index (χ2v) is 7.26. The van der Waals surface area contributed by atoms with E-state index in [9.17, 15) is 4.79 Å². The second-order valence-electron chi connectivity index (χ2n) is 6.37. The van der Waals surface area contributed by atoms with Crippen LogP contribution in [-0.2, 0) is 17.6 Å². The van der Waals surface area contributed by atoms with E-state index in [4.69, 9.17) is 5.73 Å². The number of benzene rings is 2. The van der Waals surface area contributed by atoms with Crippen LogP contribution in [0.1, 0.15) is 18.1 Å². The molecule has 0 bridgehead atoms. The number of carbonyl (C=O) groups is 1. The molecule has 1 amide bonds. The van der Waals surface area contributed by atoms with Gasteiger partial charge in [0.05, 0.1) is 11.4 Å². The maximum Gasteiger partial charge on any atom is 0.221 e. The highest BCUT2D eigenvalue weighted by Crippen LogP contribution is 2.31. The number of amides is 1. The Bertz CT molecular complexity index is 892. The molecule has 0 fully saturated rings. The van der Waals surface area contributed by atoms with Crippen LogP contribution in [0.25, 0.3) is 11.3 Å². The van der Waals surface area contributed by atoms with Crippen LogP contribution in [0.4, 0.5) is 10.8 Å². The van der Waals surface area contributed by atoms with E-state index in [1.807, 2.05) is 23.6 Å². The highest BCUT2D eigenvalue weighted by atomic mass is 32.1. The van der Waals surface area contributed by atoms with E-state index in [0.717, 1.165) is 42.9 Å². The predicted molar refractivity (Wildman–Crippen MR) is 113 cm³/mol. The first-order valence-corrected chi connectivity index (χ1v) is 9.86. The molecule has 0 atom stereocenters. The highest BCUT2D eigenvalue weighted by Gasteiger charge is 2.11. The largest absolute Gasteiger partial charge is 0.375 e. The summed E-state index contributed by atoms with van der Waals surface area (Å²) in [5.41, 5.74) is 10.8. The standard InChI is InChI=1S/C21H24N4OS/c1-15(26)24-19-8-7-17(13-18(19)20-14-27-21(22)25-20)10-12-23-11-9-16-5-3-2-4-6-16/h2-8,13-14,23H,9-12H2,1H3,(H2,22,25)(H,24,26). The van der Waals surface area contributed by atoms with Gasteiger partial charge in [-0.15, -0.1) is 11.3 Å². The number of hydrogen-bond donors (Lipinski definition) is 3. The lowest BCUT2D eigenvalue weighted by molar-refractivity contribution is -0.114. The third-order valence-electron chi connectivity index (χ3n) is 4.22. The summed E-state index contributed by atoms with van der Waals surface area (Å²) >= 11 is 1.40. The van der Waals surface area contributed by atoms with Crippen LogP contribution in [-0.4, -0.2) is 24.0 Å². The maximum absolute atomic E-state index is 11.5. The number of nitrogen functional groups attached to an aromatic ring is 1. The minimum Gasteiger partial charge on any atom is -0.375 e. The zero-order valence-corrected chi connectivity index (χ0v) is 16.2. The Morgan fingerprint density at radius 1 is 1.07 bits per heavy atom. The number of rotatable bonds is 8. The van der Waals surface area contributed by atoms with Crippen LogP contribution >= 0.6 is 11.3 Å². The molecule has 4 N–H and O–H groups in total. The molecule has 0 aliphatic rings. The van der Waals surface area contributed by atoms with E-state index in [0.29, 0.717) is 5.13 Å². The first-order chi connectivity index (χ1) is 13.1. The van der Waals surface area contributed by atoms with Crippen molar-refractivity contribution in [1.82, 2.24) is 10.3 Å². The number of thiazole rings is 1. The Labute approximate surface area is 163 Å². The quantitative estimate of drug-likeness (QED) is 0.520. The van der Waals surface area contributed by atoms with Gasteiger partial charge in [0, 0.05) is 17.9 Å². The van der Waals surface area contributed by atoms with Crippen LogP contribution in [0.5, 0.6) is 0 Å². The van der Waals surface area contributed by atoms with Crippen LogP contribution in [0.2, 0.25) is 0 Å². The monoisotopic (exact) mass is 380 g/mol. The summed E-state index contributed by atoms with van der Waals surface area (Å²) in [5.74, 6) is -0.102. The van der Waals surface area contributed by atoms with Gasteiger partial charge in [0.1, 0.15) is 0 Å². The Balaban J connectivity index is 1.61. The molecule has 0 radical (unpaired) electrons. The van der Waals surface area contributed by atoms with Crippen molar-refractivity contribution < 1.29 is 4.79 Å². The molecule has 0 aliphatic heterocycles. The fraction of sp³-hybridized carbons (Fsp3) is 0.238. The van der Waals surface area contributed by atoms with Gasteiger partial charge in [-0.25, -0.2) is 4.98 Å². The fourth-order valence-corrected chi connectivity index (χ4v) is 3.47. The zero-order chi connectivity index (χ0) is 19.1. The van der Waals surface area contributed by atoms with Crippen molar-refractivity contribution in [2.24, 2.45) is 0 Å². The van der Waals surface area contributed by atoms with Gasteiger partial charge in [-0.3, -0.25) is 4.79 Å². The molecule has 0 unspecified atom stereocenters. The van der Waals surface area contributed by atoms with Gasteiger partial charge in [0.2, 0.25) is 5.91 Å². The average molecular weight is 381 g/mol. The van der Waals surface area contributed by atoms with E-state index in [2.05, 4.69) is 45.9 Å². The van der Waals surface area contributed by atoms with Gasteiger partial charge in [-0.05, 0) is 49.2 Å². The van der Waals surface area contributed by atoms with Crippen molar-refractivity contribution in [1.29, 1.82) is 0 Å².